The predicted octanol–water partition coefficient (Wildman–Crippen LogP) is 6.16. The second kappa shape index (κ2) is 16.7. The summed E-state index contributed by atoms with van der Waals surface area (Å²) in [5.41, 5.74) is 1.80. The summed E-state index contributed by atoms with van der Waals surface area (Å²) in [6, 6.07) is 16.5. The topological polar surface area (TPSA) is 113 Å². The van der Waals surface area contributed by atoms with Gasteiger partial charge in [-0.3, -0.25) is 10.1 Å². The molecule has 0 spiro atoms. The van der Waals surface area contributed by atoms with Crippen molar-refractivity contribution < 1.29 is 22.9 Å². The third kappa shape index (κ3) is 9.35. The van der Waals surface area contributed by atoms with Gasteiger partial charge in [-0.25, -0.2) is 17.5 Å². The molecule has 10 nitrogen and oxygen atoms in total. The first-order valence-corrected chi connectivity index (χ1v) is 16.6. The van der Waals surface area contributed by atoms with Crippen LogP contribution in [-0.4, -0.2) is 79.4 Å². The number of benzene rings is 2. The van der Waals surface area contributed by atoms with Crippen LogP contribution in [0.3, 0.4) is 0 Å². The molecule has 1 atom stereocenters. The number of likely N-dealkylation sites (N-methyl/N-ethyl adjacent to an activating group) is 1. The van der Waals surface area contributed by atoms with Crippen LogP contribution < -0.4 is 0 Å². The number of rotatable bonds is 14. The van der Waals surface area contributed by atoms with Gasteiger partial charge < -0.3 is 14.5 Å². The smallest absolute Gasteiger partial charge is 0.410 e. The van der Waals surface area contributed by atoms with Crippen LogP contribution in [0.4, 0.5) is 10.5 Å². The summed E-state index contributed by atoms with van der Waals surface area (Å²) in [6.07, 6.45) is 3.63. The highest BCUT2D eigenvalue weighted by molar-refractivity contribution is 7.89. The first kappa shape index (κ1) is 35.2. The van der Waals surface area contributed by atoms with Crippen molar-refractivity contribution in [3.05, 3.63) is 105 Å². The van der Waals surface area contributed by atoms with E-state index < -0.39 is 21.0 Å². The van der Waals surface area contributed by atoms with Gasteiger partial charge in [0.15, 0.2) is 0 Å². The summed E-state index contributed by atoms with van der Waals surface area (Å²) in [5, 5.41) is 15.0. The minimum atomic E-state index is -3.59. The molecule has 1 amide bonds. The molecule has 0 bridgehead atoms. The van der Waals surface area contributed by atoms with Crippen molar-refractivity contribution in [3.8, 4) is 0 Å². The minimum absolute atomic E-state index is 0. The lowest BCUT2D eigenvalue weighted by molar-refractivity contribution is -0.384. The molecule has 44 heavy (non-hydrogen) atoms. The fourth-order valence-electron chi connectivity index (χ4n) is 5.30. The molecule has 1 saturated heterocycles. The molecule has 1 aliphatic heterocycles. The SMILES string of the molecule is C=CCN(C(=O)OCc1ccc([N+](=O)[O-])cc1)C1CCN(CC[C@H](CN(C)S(=O)(=O)c2ccccc2)c2ccsc2)CC1.Cl. The Labute approximate surface area is 269 Å². The van der Waals surface area contributed by atoms with Gasteiger partial charge in [-0.05, 0) is 83.9 Å². The summed E-state index contributed by atoms with van der Waals surface area (Å²) in [7, 11) is -1.95. The van der Waals surface area contributed by atoms with Gasteiger partial charge in [0.25, 0.3) is 5.69 Å². The van der Waals surface area contributed by atoms with Crippen LogP contribution in [0.5, 0.6) is 0 Å². The average Bonchev–Trinajstić information content (AvgIpc) is 3.56. The van der Waals surface area contributed by atoms with E-state index in [-0.39, 0.29) is 36.7 Å². The average molecular weight is 663 g/mol. The van der Waals surface area contributed by atoms with Crippen molar-refractivity contribution >= 4 is 45.5 Å². The molecule has 0 radical (unpaired) electrons. The number of amides is 1. The molecular weight excluding hydrogens is 624 g/mol. The van der Waals surface area contributed by atoms with Crippen LogP contribution in [0.25, 0.3) is 0 Å². The van der Waals surface area contributed by atoms with E-state index in [1.807, 2.05) is 5.38 Å². The first-order chi connectivity index (χ1) is 20.7. The number of likely N-dealkylation sites (tertiary alicyclic amines) is 1. The molecule has 0 saturated carbocycles. The molecule has 2 heterocycles. The summed E-state index contributed by atoms with van der Waals surface area (Å²) in [6.45, 7) is 7.02. The van der Waals surface area contributed by atoms with E-state index in [0.717, 1.165) is 44.5 Å². The highest BCUT2D eigenvalue weighted by atomic mass is 35.5. The molecule has 2 aromatic carbocycles. The molecule has 4 rings (SSSR count). The summed E-state index contributed by atoms with van der Waals surface area (Å²) in [4.78, 5) is 27.7. The number of halogens is 1. The number of carbonyl (C=O) groups excluding carboxylic acids is 1. The monoisotopic (exact) mass is 662 g/mol. The predicted molar refractivity (Wildman–Crippen MR) is 175 cm³/mol. The molecule has 0 aliphatic carbocycles. The van der Waals surface area contributed by atoms with E-state index in [1.54, 1.807) is 71.8 Å². The number of non-ortho nitro benzene ring substituents is 1. The van der Waals surface area contributed by atoms with E-state index in [1.165, 1.54) is 16.4 Å². The van der Waals surface area contributed by atoms with Crippen molar-refractivity contribution in [1.29, 1.82) is 0 Å². The normalized spacial score (nSPS) is 14.9. The second-order valence-electron chi connectivity index (χ2n) is 10.6. The van der Waals surface area contributed by atoms with Gasteiger partial charge in [0.1, 0.15) is 6.61 Å². The Balaban J connectivity index is 0.00000529. The minimum Gasteiger partial charge on any atom is -0.445 e. The summed E-state index contributed by atoms with van der Waals surface area (Å²) < 4.78 is 33.3. The van der Waals surface area contributed by atoms with Gasteiger partial charge in [-0.1, -0.05) is 24.3 Å². The van der Waals surface area contributed by atoms with Crippen LogP contribution in [-0.2, 0) is 21.4 Å². The third-order valence-corrected chi connectivity index (χ3v) is 10.3. The molecule has 0 unspecified atom stereocenters. The maximum absolute atomic E-state index is 13.2. The summed E-state index contributed by atoms with van der Waals surface area (Å²) >= 11 is 1.61. The van der Waals surface area contributed by atoms with Crippen molar-refractivity contribution in [2.75, 3.05) is 39.8 Å². The Morgan fingerprint density at radius 3 is 2.43 bits per heavy atom. The molecule has 1 aromatic heterocycles. The van der Waals surface area contributed by atoms with E-state index in [2.05, 4.69) is 22.9 Å². The van der Waals surface area contributed by atoms with Crippen molar-refractivity contribution in [3.63, 3.8) is 0 Å². The second-order valence-corrected chi connectivity index (χ2v) is 13.5. The molecule has 1 fully saturated rings. The highest BCUT2D eigenvalue weighted by Gasteiger charge is 2.30. The number of hydrogen-bond donors (Lipinski definition) is 0. The van der Waals surface area contributed by atoms with Gasteiger partial charge in [-0.15, -0.1) is 19.0 Å². The fourth-order valence-corrected chi connectivity index (χ4v) is 7.28. The Bertz CT molecular complexity index is 1450. The quantitative estimate of drug-likeness (QED) is 0.115. The zero-order valence-corrected chi connectivity index (χ0v) is 27.1. The Morgan fingerprint density at radius 1 is 1.16 bits per heavy atom. The molecule has 1 aliphatic rings. The molecule has 3 aromatic rings. The van der Waals surface area contributed by atoms with Crippen molar-refractivity contribution in [1.82, 2.24) is 14.1 Å². The lowest BCUT2D eigenvalue weighted by atomic mass is 9.97. The number of ether oxygens (including phenoxy) is 1. The van der Waals surface area contributed by atoms with E-state index >= 15 is 0 Å². The van der Waals surface area contributed by atoms with Crippen molar-refractivity contribution in [2.45, 2.75) is 42.7 Å². The van der Waals surface area contributed by atoms with E-state index in [0.29, 0.717) is 23.5 Å². The maximum Gasteiger partial charge on any atom is 0.410 e. The van der Waals surface area contributed by atoms with Gasteiger partial charge in [0.2, 0.25) is 10.0 Å². The number of piperidine rings is 1. The zero-order chi connectivity index (χ0) is 30.8. The Kier molecular flexibility index (Phi) is 13.3. The molecule has 13 heteroatoms. The van der Waals surface area contributed by atoms with Crippen molar-refractivity contribution in [2.24, 2.45) is 0 Å². The van der Waals surface area contributed by atoms with Crippen LogP contribution in [0, 0.1) is 10.1 Å². The third-order valence-electron chi connectivity index (χ3n) is 7.80. The number of nitrogens with zero attached hydrogens (tertiary/aromatic N) is 4. The lowest BCUT2D eigenvalue weighted by Crippen LogP contribution is -2.48. The maximum atomic E-state index is 13.2. The number of nitro groups is 1. The number of carbonyl (C=O) groups is 1. The first-order valence-electron chi connectivity index (χ1n) is 14.2. The largest absolute Gasteiger partial charge is 0.445 e. The van der Waals surface area contributed by atoms with Gasteiger partial charge in [0.05, 0.1) is 9.82 Å². The standard InChI is InChI=1S/C31H38N4O6S2.ClH/c1-3-17-34(31(36)41-23-25-9-11-29(12-10-25)35(37)38)28-14-19-33(20-15-28)18-13-26(27-16-21-42-24-27)22-32(2)43(39,40)30-7-5-4-6-8-30;/h3-12,16,21,24,26,28H,1,13-15,17-20,22-23H2,2H3;1H/t26-;/m1./s1. The van der Waals surface area contributed by atoms with Crippen LogP contribution in [0.2, 0.25) is 0 Å². The Morgan fingerprint density at radius 2 is 1.84 bits per heavy atom. The zero-order valence-electron chi connectivity index (χ0n) is 24.7. The highest BCUT2D eigenvalue weighted by Crippen LogP contribution is 2.27. The van der Waals surface area contributed by atoms with Crippen LogP contribution >= 0.6 is 23.7 Å². The number of thiophene rings is 1. The molecule has 238 valence electrons. The van der Waals surface area contributed by atoms with E-state index in [4.69, 9.17) is 4.74 Å². The molecule has 0 N–H and O–H groups in total. The van der Waals surface area contributed by atoms with E-state index in [9.17, 15) is 23.3 Å². The lowest BCUT2D eigenvalue weighted by Gasteiger charge is -2.38. The summed E-state index contributed by atoms with van der Waals surface area (Å²) in [5.74, 6) is 0.0547. The van der Waals surface area contributed by atoms with Gasteiger partial charge in [0, 0.05) is 51.4 Å². The fraction of sp³-hybridized carbons (Fsp3) is 0.387. The number of nitro benzene ring substituents is 1. The van der Waals surface area contributed by atoms with Crippen LogP contribution in [0.1, 0.15) is 36.3 Å². The number of hydrogen-bond acceptors (Lipinski definition) is 8. The molecular formula is C31H39ClN4O6S2. The van der Waals surface area contributed by atoms with Gasteiger partial charge in [-0.2, -0.15) is 11.3 Å². The Hall–Kier alpha value is -3.29. The number of sulfonamides is 1. The van der Waals surface area contributed by atoms with Crippen LogP contribution in [0.15, 0.2) is 89.0 Å². The van der Waals surface area contributed by atoms with Gasteiger partial charge >= 0.3 is 6.09 Å².